The van der Waals surface area contributed by atoms with E-state index in [-0.39, 0.29) is 5.91 Å². The Morgan fingerprint density at radius 2 is 1.82 bits per heavy atom. The van der Waals surface area contributed by atoms with Crippen LogP contribution in [0.3, 0.4) is 0 Å². The number of para-hydroxylation sites is 1. The lowest BCUT2D eigenvalue weighted by molar-refractivity contribution is 0.0948. The Morgan fingerprint density at radius 1 is 0.970 bits per heavy atom. The molecule has 0 bridgehead atoms. The average Bonchev–Trinajstić information content (AvgIpc) is 3.48. The molecule has 3 aromatic carbocycles. The molecule has 0 saturated heterocycles. The van der Waals surface area contributed by atoms with E-state index in [1.807, 2.05) is 54.6 Å². The zero-order valence-electron chi connectivity index (χ0n) is 18.5. The highest BCUT2D eigenvalue weighted by Gasteiger charge is 2.15. The summed E-state index contributed by atoms with van der Waals surface area (Å²) in [6, 6.07) is 20.7. The van der Waals surface area contributed by atoms with Gasteiger partial charge in [0.1, 0.15) is 17.1 Å². The van der Waals surface area contributed by atoms with Crippen molar-refractivity contribution in [3.63, 3.8) is 0 Å². The minimum atomic E-state index is -0.234. The first-order valence-electron chi connectivity index (χ1n) is 11.3. The summed E-state index contributed by atoms with van der Waals surface area (Å²) in [4.78, 5) is 21.0. The van der Waals surface area contributed by atoms with Crippen LogP contribution in [-0.2, 0) is 0 Å². The van der Waals surface area contributed by atoms with Gasteiger partial charge in [-0.1, -0.05) is 43.5 Å². The van der Waals surface area contributed by atoms with Crippen molar-refractivity contribution in [2.45, 2.75) is 32.6 Å². The van der Waals surface area contributed by atoms with Gasteiger partial charge in [-0.05, 0) is 61.0 Å². The number of carbonyl (C=O) groups excluding carboxylic acids is 1. The SMILES string of the molecule is CCCCCCOc1ccc(-c2nc3ccc(C(=O)n4nnc5ccccc54)cc3[nH]2)cc1. The number of benzene rings is 3. The number of nitrogens with one attached hydrogen (secondary N) is 1. The molecule has 166 valence electrons. The summed E-state index contributed by atoms with van der Waals surface area (Å²) in [5.41, 5.74) is 4.42. The molecule has 0 aliphatic rings. The van der Waals surface area contributed by atoms with E-state index in [0.29, 0.717) is 16.6 Å². The van der Waals surface area contributed by atoms with Crippen LogP contribution in [0.4, 0.5) is 0 Å². The molecule has 33 heavy (non-hydrogen) atoms. The maximum absolute atomic E-state index is 13.0. The van der Waals surface area contributed by atoms with Gasteiger partial charge < -0.3 is 9.72 Å². The van der Waals surface area contributed by atoms with Gasteiger partial charge in [0.05, 0.1) is 23.2 Å². The Bertz CT molecular complexity index is 1400. The molecule has 0 saturated carbocycles. The number of hydrogen-bond acceptors (Lipinski definition) is 5. The topological polar surface area (TPSA) is 85.7 Å². The van der Waals surface area contributed by atoms with Crippen molar-refractivity contribution in [1.82, 2.24) is 25.0 Å². The van der Waals surface area contributed by atoms with Crippen molar-refractivity contribution in [3.05, 3.63) is 72.3 Å². The Hall–Kier alpha value is -4.00. The van der Waals surface area contributed by atoms with E-state index < -0.39 is 0 Å². The fraction of sp³-hybridized carbons (Fsp3) is 0.231. The highest BCUT2D eigenvalue weighted by atomic mass is 16.5. The van der Waals surface area contributed by atoms with Crippen LogP contribution in [0.5, 0.6) is 5.75 Å². The lowest BCUT2D eigenvalue weighted by atomic mass is 10.2. The van der Waals surface area contributed by atoms with Crippen molar-refractivity contribution in [2.75, 3.05) is 6.61 Å². The Kier molecular flexibility index (Phi) is 5.85. The fourth-order valence-electron chi connectivity index (χ4n) is 3.85. The van der Waals surface area contributed by atoms with E-state index in [4.69, 9.17) is 4.74 Å². The van der Waals surface area contributed by atoms with Crippen LogP contribution < -0.4 is 4.74 Å². The normalized spacial score (nSPS) is 11.3. The molecule has 1 N–H and O–H groups in total. The maximum atomic E-state index is 13.0. The zero-order chi connectivity index (χ0) is 22.6. The molecule has 0 radical (unpaired) electrons. The van der Waals surface area contributed by atoms with Gasteiger partial charge in [-0.3, -0.25) is 4.79 Å². The number of carbonyl (C=O) groups is 1. The van der Waals surface area contributed by atoms with Crippen LogP contribution in [0.15, 0.2) is 66.7 Å². The second kappa shape index (κ2) is 9.24. The van der Waals surface area contributed by atoms with Gasteiger partial charge in [-0.15, -0.1) is 5.10 Å². The third kappa shape index (κ3) is 4.35. The highest BCUT2D eigenvalue weighted by Crippen LogP contribution is 2.24. The van der Waals surface area contributed by atoms with E-state index in [9.17, 15) is 4.79 Å². The molecule has 7 heteroatoms. The van der Waals surface area contributed by atoms with Gasteiger partial charge in [-0.2, -0.15) is 4.68 Å². The number of nitrogens with zero attached hydrogens (tertiary/aromatic N) is 4. The van der Waals surface area contributed by atoms with E-state index in [1.54, 1.807) is 12.1 Å². The van der Waals surface area contributed by atoms with Gasteiger partial charge in [-0.25, -0.2) is 4.98 Å². The zero-order valence-corrected chi connectivity index (χ0v) is 18.5. The van der Waals surface area contributed by atoms with Crippen molar-refractivity contribution in [2.24, 2.45) is 0 Å². The summed E-state index contributed by atoms with van der Waals surface area (Å²) in [5.74, 6) is 1.37. The van der Waals surface area contributed by atoms with Crippen LogP contribution in [0, 0.1) is 0 Å². The molecule has 5 rings (SSSR count). The van der Waals surface area contributed by atoms with E-state index in [1.165, 1.54) is 23.9 Å². The van der Waals surface area contributed by atoms with E-state index >= 15 is 0 Å². The third-order valence-electron chi connectivity index (χ3n) is 5.67. The third-order valence-corrected chi connectivity index (χ3v) is 5.67. The number of aromatic amines is 1. The molecule has 0 aliphatic heterocycles. The van der Waals surface area contributed by atoms with Crippen LogP contribution in [0.1, 0.15) is 43.0 Å². The number of ether oxygens (including phenoxy) is 1. The van der Waals surface area contributed by atoms with Crippen molar-refractivity contribution in [1.29, 1.82) is 0 Å². The molecule has 0 atom stereocenters. The molecular formula is C26H25N5O2. The summed E-state index contributed by atoms with van der Waals surface area (Å²) in [6.45, 7) is 2.94. The molecule has 0 amide bonds. The Morgan fingerprint density at radius 3 is 2.67 bits per heavy atom. The van der Waals surface area contributed by atoms with Gasteiger partial charge in [0, 0.05) is 11.1 Å². The summed E-state index contributed by atoms with van der Waals surface area (Å²) >= 11 is 0. The number of aromatic nitrogens is 5. The minimum Gasteiger partial charge on any atom is -0.494 e. The lowest BCUT2D eigenvalue weighted by Crippen LogP contribution is -2.13. The first kappa shape index (κ1) is 20.9. The minimum absolute atomic E-state index is 0.234. The molecule has 0 fully saturated rings. The van der Waals surface area contributed by atoms with Crippen molar-refractivity contribution >= 4 is 28.0 Å². The Balaban J connectivity index is 1.33. The summed E-state index contributed by atoms with van der Waals surface area (Å²) in [5, 5.41) is 8.10. The second-order valence-electron chi connectivity index (χ2n) is 8.05. The second-order valence-corrected chi connectivity index (χ2v) is 8.05. The quantitative estimate of drug-likeness (QED) is 0.317. The van der Waals surface area contributed by atoms with Crippen molar-refractivity contribution in [3.8, 4) is 17.1 Å². The average molecular weight is 440 g/mol. The smallest absolute Gasteiger partial charge is 0.280 e. The van der Waals surface area contributed by atoms with Gasteiger partial charge in [0.15, 0.2) is 0 Å². The number of imidazole rings is 1. The first-order chi connectivity index (χ1) is 16.2. The summed E-state index contributed by atoms with van der Waals surface area (Å²) in [6.07, 6.45) is 4.74. The van der Waals surface area contributed by atoms with Crippen LogP contribution in [0.2, 0.25) is 0 Å². The molecule has 0 spiro atoms. The summed E-state index contributed by atoms with van der Waals surface area (Å²) < 4.78 is 7.16. The standard InChI is InChI=1S/C26H25N5O2/c1-2-3-4-7-16-33-20-13-10-18(11-14-20)25-27-21-15-12-19(17-23(21)28-25)26(32)31-24-9-6-5-8-22(24)29-30-31/h5-6,8-15,17H,2-4,7,16H2,1H3,(H,27,28). The molecule has 7 nitrogen and oxygen atoms in total. The van der Waals surface area contributed by atoms with Crippen molar-refractivity contribution < 1.29 is 9.53 Å². The number of rotatable bonds is 8. The number of fused-ring (bicyclic) bond motifs is 2. The molecular weight excluding hydrogens is 414 g/mol. The lowest BCUT2D eigenvalue weighted by Gasteiger charge is -2.06. The highest BCUT2D eigenvalue weighted by molar-refractivity contribution is 6.02. The largest absolute Gasteiger partial charge is 0.494 e. The number of hydrogen-bond donors (Lipinski definition) is 1. The predicted molar refractivity (Wildman–Crippen MR) is 128 cm³/mol. The fourth-order valence-corrected chi connectivity index (χ4v) is 3.85. The van der Waals surface area contributed by atoms with Gasteiger partial charge >= 0.3 is 0 Å². The first-order valence-corrected chi connectivity index (χ1v) is 11.3. The monoisotopic (exact) mass is 439 g/mol. The number of H-pyrrole nitrogens is 1. The Labute approximate surface area is 191 Å². The predicted octanol–water partition coefficient (Wildman–Crippen LogP) is 5.62. The molecule has 0 unspecified atom stereocenters. The van der Waals surface area contributed by atoms with Crippen LogP contribution >= 0.6 is 0 Å². The van der Waals surface area contributed by atoms with Gasteiger partial charge in [0.2, 0.25) is 0 Å². The molecule has 2 heterocycles. The summed E-state index contributed by atoms with van der Waals surface area (Å²) in [7, 11) is 0. The van der Waals surface area contributed by atoms with Crippen LogP contribution in [-0.4, -0.2) is 37.5 Å². The molecule has 0 aliphatic carbocycles. The maximum Gasteiger partial charge on any atom is 0.280 e. The van der Waals surface area contributed by atoms with E-state index in [0.717, 1.165) is 41.2 Å². The van der Waals surface area contributed by atoms with Crippen LogP contribution in [0.25, 0.3) is 33.5 Å². The van der Waals surface area contributed by atoms with Gasteiger partial charge in [0.25, 0.3) is 5.91 Å². The molecule has 2 aromatic heterocycles. The van der Waals surface area contributed by atoms with E-state index in [2.05, 4.69) is 27.2 Å². The molecule has 5 aromatic rings. The number of unbranched alkanes of at least 4 members (excludes halogenated alkanes) is 3.